The van der Waals surface area contributed by atoms with Crippen molar-refractivity contribution in [3.63, 3.8) is 0 Å². The minimum atomic E-state index is -0.0837. The lowest BCUT2D eigenvalue weighted by molar-refractivity contribution is -0.141. The molecular weight excluding hydrogens is 472 g/mol. The lowest BCUT2D eigenvalue weighted by atomic mass is 9.50. The van der Waals surface area contributed by atoms with E-state index < -0.39 is 0 Å². The van der Waals surface area contributed by atoms with Crippen LogP contribution in [0.4, 0.5) is 0 Å². The van der Waals surface area contributed by atoms with Gasteiger partial charge in [-0.1, -0.05) is 76.7 Å². The van der Waals surface area contributed by atoms with Gasteiger partial charge in [0.25, 0.3) is 0 Å². The summed E-state index contributed by atoms with van der Waals surface area (Å²) in [5.74, 6) is 1.24. The van der Waals surface area contributed by atoms with Crippen LogP contribution < -0.4 is 0 Å². The maximum Gasteiger partial charge on any atom is 0.309 e. The summed E-state index contributed by atoms with van der Waals surface area (Å²) in [5, 5.41) is 0. The van der Waals surface area contributed by atoms with Gasteiger partial charge in [-0.3, -0.25) is 9.59 Å². The van der Waals surface area contributed by atoms with E-state index in [9.17, 15) is 9.59 Å². The second-order valence-electron chi connectivity index (χ2n) is 14.7. The van der Waals surface area contributed by atoms with Gasteiger partial charge in [0.2, 0.25) is 0 Å². The Balaban J connectivity index is 0.000000211. The van der Waals surface area contributed by atoms with Crippen LogP contribution in [0.5, 0.6) is 0 Å². The monoisotopic (exact) mass is 528 g/mol. The first-order valence-electron chi connectivity index (χ1n) is 15.1. The molecule has 0 saturated heterocycles. The number of carbonyl (C=O) groups excluding carboxylic acids is 2. The average Bonchev–Trinajstić information content (AvgIpc) is 2.82. The highest BCUT2D eigenvalue weighted by Gasteiger charge is 2.51. The smallest absolute Gasteiger partial charge is 0.309 e. The van der Waals surface area contributed by atoms with E-state index in [1.807, 2.05) is 0 Å². The van der Waals surface area contributed by atoms with Gasteiger partial charge in [-0.25, -0.2) is 0 Å². The Morgan fingerprint density at radius 2 is 1.00 bits per heavy atom. The van der Waals surface area contributed by atoms with Crippen molar-refractivity contribution in [2.75, 3.05) is 14.2 Å². The molecule has 0 aromatic heterocycles. The van der Waals surface area contributed by atoms with Crippen molar-refractivity contribution < 1.29 is 19.1 Å². The summed E-state index contributed by atoms with van der Waals surface area (Å²) in [6, 6.07) is 0. The molecule has 2 saturated carbocycles. The molecule has 0 radical (unpaired) electrons. The predicted octanol–water partition coefficient (Wildman–Crippen LogP) is 8.98. The maximum absolute atomic E-state index is 11.7. The number of hydrogen-bond donors (Lipinski definition) is 0. The van der Waals surface area contributed by atoms with Crippen LogP contribution in [0, 0.1) is 33.5 Å². The summed E-state index contributed by atoms with van der Waals surface area (Å²) in [7, 11) is 2.98. The molecule has 0 aromatic rings. The van der Waals surface area contributed by atoms with E-state index in [0.717, 1.165) is 12.8 Å². The van der Waals surface area contributed by atoms with Crippen molar-refractivity contribution >= 4 is 11.9 Å². The molecular formula is C34H56O4. The Hall–Kier alpha value is -1.58. The van der Waals surface area contributed by atoms with Gasteiger partial charge in [-0.15, -0.1) is 0 Å². The molecule has 0 heterocycles. The molecule has 0 aliphatic heterocycles. The third-order valence-electron chi connectivity index (χ3n) is 11.6. The molecule has 4 heteroatoms. The van der Waals surface area contributed by atoms with E-state index in [1.54, 1.807) is 0 Å². The summed E-state index contributed by atoms with van der Waals surface area (Å²) < 4.78 is 9.81. The van der Waals surface area contributed by atoms with Crippen LogP contribution in [0.3, 0.4) is 0 Å². The van der Waals surface area contributed by atoms with Gasteiger partial charge < -0.3 is 9.47 Å². The van der Waals surface area contributed by atoms with Gasteiger partial charge in [0, 0.05) is 0 Å². The fourth-order valence-corrected chi connectivity index (χ4v) is 9.52. The SMILES string of the molecule is COC(=O)CC1=C(C)CC[C@@H]2C(C)(C)CCC[C@@]12C.COC(=O)CC1=C(C)CC[C@H]2C(C)(C)CCC[C@]12C. The first-order valence-corrected chi connectivity index (χ1v) is 15.1. The predicted molar refractivity (Wildman–Crippen MR) is 156 cm³/mol. The van der Waals surface area contributed by atoms with Crippen LogP contribution in [-0.2, 0) is 19.1 Å². The summed E-state index contributed by atoms with van der Waals surface area (Å²) in [5.41, 5.74) is 6.83. The summed E-state index contributed by atoms with van der Waals surface area (Å²) >= 11 is 0. The standard InChI is InChI=1S/2C17H28O2/c2*1-12-7-8-14-16(2,3)9-6-10-17(14,4)13(12)11-15(18)19-5/h2*14H,6-11H2,1-5H3/t2*14-,17+/m10/s1. The molecule has 4 rings (SSSR count). The molecule has 0 bridgehead atoms. The first-order chi connectivity index (χ1) is 17.6. The molecule has 216 valence electrons. The number of rotatable bonds is 4. The Bertz CT molecular complexity index is 889. The highest BCUT2D eigenvalue weighted by molar-refractivity contribution is 5.73. The van der Waals surface area contributed by atoms with Crippen LogP contribution in [0.1, 0.15) is 132 Å². The zero-order chi connectivity index (χ0) is 28.5. The van der Waals surface area contributed by atoms with Gasteiger partial charge in [0.15, 0.2) is 0 Å². The second-order valence-corrected chi connectivity index (χ2v) is 14.7. The second kappa shape index (κ2) is 11.5. The maximum atomic E-state index is 11.7. The molecule has 0 spiro atoms. The number of carbonyl (C=O) groups is 2. The number of esters is 2. The van der Waals surface area contributed by atoms with Crippen LogP contribution in [0.25, 0.3) is 0 Å². The third kappa shape index (κ3) is 5.94. The highest BCUT2D eigenvalue weighted by atomic mass is 16.5. The zero-order valence-corrected chi connectivity index (χ0v) is 26.3. The van der Waals surface area contributed by atoms with E-state index in [2.05, 4.69) is 55.4 Å². The lowest BCUT2D eigenvalue weighted by Gasteiger charge is -2.55. The highest BCUT2D eigenvalue weighted by Crippen LogP contribution is 2.61. The Morgan fingerprint density at radius 3 is 1.32 bits per heavy atom. The van der Waals surface area contributed by atoms with Crippen molar-refractivity contribution in [3.05, 3.63) is 22.3 Å². The van der Waals surface area contributed by atoms with Crippen LogP contribution >= 0.6 is 0 Å². The van der Waals surface area contributed by atoms with E-state index in [4.69, 9.17) is 9.47 Å². The normalized spacial score (nSPS) is 33.8. The first kappa shape index (κ1) is 31.0. The van der Waals surface area contributed by atoms with Crippen molar-refractivity contribution in [2.45, 2.75) is 132 Å². The minimum Gasteiger partial charge on any atom is -0.469 e. The van der Waals surface area contributed by atoms with Gasteiger partial charge >= 0.3 is 11.9 Å². The zero-order valence-electron chi connectivity index (χ0n) is 26.3. The van der Waals surface area contributed by atoms with Crippen molar-refractivity contribution in [2.24, 2.45) is 33.5 Å². The molecule has 0 unspecified atom stereocenters. The van der Waals surface area contributed by atoms with E-state index in [1.165, 1.54) is 87.9 Å². The van der Waals surface area contributed by atoms with Crippen LogP contribution in [-0.4, -0.2) is 26.2 Å². The molecule has 0 amide bonds. The van der Waals surface area contributed by atoms with Crippen LogP contribution in [0.2, 0.25) is 0 Å². The molecule has 4 atom stereocenters. The average molecular weight is 529 g/mol. The largest absolute Gasteiger partial charge is 0.469 e. The van der Waals surface area contributed by atoms with Crippen molar-refractivity contribution in [1.29, 1.82) is 0 Å². The number of ether oxygens (including phenoxy) is 2. The molecule has 0 aromatic carbocycles. The fraction of sp³-hybridized carbons (Fsp3) is 0.824. The number of hydrogen-bond acceptors (Lipinski definition) is 4. The molecule has 4 nitrogen and oxygen atoms in total. The lowest BCUT2D eigenvalue weighted by Crippen LogP contribution is -2.45. The number of methoxy groups -OCH3 is 2. The van der Waals surface area contributed by atoms with Gasteiger partial charge in [0.1, 0.15) is 0 Å². The molecule has 0 N–H and O–H groups in total. The Labute approximate surface area is 233 Å². The number of fused-ring (bicyclic) bond motifs is 2. The quantitative estimate of drug-likeness (QED) is 0.270. The van der Waals surface area contributed by atoms with E-state index >= 15 is 0 Å². The molecule has 4 aliphatic rings. The number of allylic oxidation sites excluding steroid dienone is 2. The minimum absolute atomic E-state index is 0.0837. The van der Waals surface area contributed by atoms with Crippen molar-refractivity contribution in [1.82, 2.24) is 0 Å². The van der Waals surface area contributed by atoms with E-state index in [0.29, 0.717) is 35.5 Å². The summed E-state index contributed by atoms with van der Waals surface area (Å²) in [4.78, 5) is 23.5. The van der Waals surface area contributed by atoms with Gasteiger partial charge in [-0.05, 0) is 98.7 Å². The molecule has 38 heavy (non-hydrogen) atoms. The third-order valence-corrected chi connectivity index (χ3v) is 11.6. The fourth-order valence-electron chi connectivity index (χ4n) is 9.52. The van der Waals surface area contributed by atoms with Gasteiger partial charge in [0.05, 0.1) is 27.1 Å². The molecule has 2 fully saturated rings. The summed E-state index contributed by atoms with van der Waals surface area (Å²) in [6.45, 7) is 18.8. The van der Waals surface area contributed by atoms with Crippen LogP contribution in [0.15, 0.2) is 22.3 Å². The van der Waals surface area contributed by atoms with Gasteiger partial charge in [-0.2, -0.15) is 0 Å². The van der Waals surface area contributed by atoms with Crippen molar-refractivity contribution in [3.8, 4) is 0 Å². The topological polar surface area (TPSA) is 52.6 Å². The summed E-state index contributed by atoms with van der Waals surface area (Å²) in [6.07, 6.45) is 13.5. The Morgan fingerprint density at radius 1 is 0.658 bits per heavy atom. The molecule has 4 aliphatic carbocycles. The van der Waals surface area contributed by atoms with E-state index in [-0.39, 0.29) is 22.8 Å². The Kier molecular flexibility index (Phi) is 9.36.